The third kappa shape index (κ3) is 5.52. The number of rotatable bonds is 8. The number of likely N-dealkylation sites (tertiary alicyclic amines) is 1. The molecule has 162 valence electrons. The minimum absolute atomic E-state index is 0.259. The minimum Gasteiger partial charge on any atom is -0.378 e. The molecule has 0 radical (unpaired) electrons. The third-order valence-electron chi connectivity index (χ3n) is 5.81. The third-order valence-corrected chi connectivity index (χ3v) is 5.81. The van der Waals surface area contributed by atoms with Crippen LogP contribution in [-0.2, 0) is 13.1 Å². The van der Waals surface area contributed by atoms with Gasteiger partial charge in [-0.25, -0.2) is 4.79 Å². The molecule has 2 heterocycles. The first-order valence-corrected chi connectivity index (χ1v) is 11.1. The molecule has 4 rings (SSSR count). The second-order valence-electron chi connectivity index (χ2n) is 8.14. The van der Waals surface area contributed by atoms with Gasteiger partial charge < -0.3 is 10.2 Å². The molecular formula is C25H30N4O2. The smallest absolute Gasteiger partial charge is 0.331 e. The fraction of sp³-hybridized carbons (Fsp3) is 0.360. The molecule has 6 nitrogen and oxygen atoms in total. The summed E-state index contributed by atoms with van der Waals surface area (Å²) in [5.74, 6) is 0. The highest BCUT2D eigenvalue weighted by Crippen LogP contribution is 2.09. The lowest BCUT2D eigenvalue weighted by molar-refractivity contribution is 0.237. The Morgan fingerprint density at radius 3 is 2.03 bits per heavy atom. The second-order valence-corrected chi connectivity index (χ2v) is 8.14. The maximum atomic E-state index is 13.2. The molecule has 0 amide bonds. The van der Waals surface area contributed by atoms with Crippen molar-refractivity contribution in [2.24, 2.45) is 0 Å². The highest BCUT2D eigenvalue weighted by atomic mass is 16.2. The Balaban J connectivity index is 1.60. The van der Waals surface area contributed by atoms with Crippen LogP contribution in [0.25, 0.3) is 0 Å². The lowest BCUT2D eigenvalue weighted by Gasteiger charge is -2.26. The van der Waals surface area contributed by atoms with Crippen molar-refractivity contribution in [2.75, 3.05) is 31.5 Å². The number of benzene rings is 2. The molecule has 0 spiro atoms. The molecule has 1 saturated heterocycles. The van der Waals surface area contributed by atoms with Gasteiger partial charge in [0, 0.05) is 19.3 Å². The molecule has 2 aromatic carbocycles. The number of nitrogens with one attached hydrogen (secondary N) is 1. The van der Waals surface area contributed by atoms with E-state index in [1.807, 2.05) is 60.7 Å². The van der Waals surface area contributed by atoms with Crippen LogP contribution in [0, 0.1) is 0 Å². The first-order valence-electron chi connectivity index (χ1n) is 11.1. The summed E-state index contributed by atoms with van der Waals surface area (Å²) < 4.78 is 2.96. The van der Waals surface area contributed by atoms with E-state index in [4.69, 9.17) is 0 Å². The summed E-state index contributed by atoms with van der Waals surface area (Å²) in [5, 5.41) is 3.31. The van der Waals surface area contributed by atoms with E-state index in [0.29, 0.717) is 18.8 Å². The Morgan fingerprint density at radius 1 is 0.774 bits per heavy atom. The molecule has 0 atom stereocenters. The predicted molar refractivity (Wildman–Crippen MR) is 125 cm³/mol. The van der Waals surface area contributed by atoms with Crippen molar-refractivity contribution < 1.29 is 0 Å². The Hall–Kier alpha value is -3.12. The quantitative estimate of drug-likeness (QED) is 0.611. The topological polar surface area (TPSA) is 59.3 Å². The summed E-state index contributed by atoms with van der Waals surface area (Å²) in [6.45, 7) is 4.51. The van der Waals surface area contributed by atoms with E-state index >= 15 is 0 Å². The highest BCUT2D eigenvalue weighted by Gasteiger charge is 2.14. The lowest BCUT2D eigenvalue weighted by atomic mass is 10.1. The summed E-state index contributed by atoms with van der Waals surface area (Å²) in [6.07, 6.45) is 5.46. The normalized spacial score (nSPS) is 14.5. The molecule has 1 N–H and O–H groups in total. The summed E-state index contributed by atoms with van der Waals surface area (Å²) in [4.78, 5) is 28.7. The number of piperidine rings is 1. The molecule has 0 saturated carbocycles. The van der Waals surface area contributed by atoms with E-state index in [0.717, 1.165) is 30.8 Å². The summed E-state index contributed by atoms with van der Waals surface area (Å²) in [5.41, 5.74) is 1.87. The number of anilines is 1. The van der Waals surface area contributed by atoms with E-state index in [1.54, 1.807) is 10.8 Å². The largest absolute Gasteiger partial charge is 0.378 e. The minimum atomic E-state index is -0.292. The van der Waals surface area contributed by atoms with Crippen LogP contribution in [0.4, 0.5) is 5.69 Å². The van der Waals surface area contributed by atoms with Crippen LogP contribution >= 0.6 is 0 Å². The van der Waals surface area contributed by atoms with E-state index in [1.165, 1.54) is 23.8 Å². The predicted octanol–water partition coefficient (Wildman–Crippen LogP) is 3.00. The molecule has 0 bridgehead atoms. The van der Waals surface area contributed by atoms with Crippen LogP contribution in [0.5, 0.6) is 0 Å². The molecule has 0 unspecified atom stereocenters. The van der Waals surface area contributed by atoms with Gasteiger partial charge in [0.1, 0.15) is 5.69 Å². The van der Waals surface area contributed by atoms with Crippen LogP contribution < -0.4 is 16.6 Å². The zero-order valence-corrected chi connectivity index (χ0v) is 17.9. The van der Waals surface area contributed by atoms with Crippen molar-refractivity contribution in [3.63, 3.8) is 0 Å². The van der Waals surface area contributed by atoms with Crippen LogP contribution in [0.1, 0.15) is 30.4 Å². The van der Waals surface area contributed by atoms with E-state index in [2.05, 4.69) is 10.2 Å². The SMILES string of the molecule is O=c1c(NCCN2CCCCC2)cn(Cc2ccccc2)c(=O)n1Cc1ccccc1. The molecular weight excluding hydrogens is 388 g/mol. The van der Waals surface area contributed by atoms with E-state index in [-0.39, 0.29) is 17.8 Å². The van der Waals surface area contributed by atoms with Gasteiger partial charge in [-0.05, 0) is 37.1 Å². The molecule has 3 aromatic rings. The van der Waals surface area contributed by atoms with Gasteiger partial charge in [0.2, 0.25) is 0 Å². The van der Waals surface area contributed by atoms with Gasteiger partial charge in [0.05, 0.1) is 13.1 Å². The number of hydrogen-bond donors (Lipinski definition) is 1. The first kappa shape index (κ1) is 21.1. The Bertz CT molecular complexity index is 1080. The van der Waals surface area contributed by atoms with Gasteiger partial charge in [-0.1, -0.05) is 67.1 Å². The maximum Gasteiger partial charge on any atom is 0.331 e. The molecule has 6 heteroatoms. The molecule has 0 aliphatic carbocycles. The van der Waals surface area contributed by atoms with Crippen molar-refractivity contribution in [3.05, 3.63) is 98.8 Å². The maximum absolute atomic E-state index is 13.2. The monoisotopic (exact) mass is 418 g/mol. The van der Waals surface area contributed by atoms with Crippen molar-refractivity contribution in [1.29, 1.82) is 0 Å². The Labute approximate surface area is 182 Å². The average Bonchev–Trinajstić information content (AvgIpc) is 2.81. The Kier molecular flexibility index (Phi) is 6.99. The van der Waals surface area contributed by atoms with Crippen LogP contribution in [0.3, 0.4) is 0 Å². The van der Waals surface area contributed by atoms with Crippen molar-refractivity contribution in [3.8, 4) is 0 Å². The van der Waals surface area contributed by atoms with Crippen molar-refractivity contribution >= 4 is 5.69 Å². The zero-order valence-electron chi connectivity index (χ0n) is 17.9. The summed E-state index contributed by atoms with van der Waals surface area (Å²) in [7, 11) is 0. The molecule has 31 heavy (non-hydrogen) atoms. The van der Waals surface area contributed by atoms with Crippen LogP contribution in [0.2, 0.25) is 0 Å². The van der Waals surface area contributed by atoms with E-state index < -0.39 is 0 Å². The number of nitrogens with zero attached hydrogens (tertiary/aromatic N) is 3. The average molecular weight is 419 g/mol. The summed E-state index contributed by atoms with van der Waals surface area (Å²) in [6, 6.07) is 19.5. The standard InChI is InChI=1S/C25H30N4O2/c30-24-23(26-14-17-27-15-8-3-9-16-27)20-28(18-21-10-4-1-5-11-21)25(31)29(24)19-22-12-6-2-7-13-22/h1-2,4-7,10-13,20,26H,3,8-9,14-19H2. The number of aromatic nitrogens is 2. The lowest BCUT2D eigenvalue weighted by Crippen LogP contribution is -2.42. The molecule has 1 fully saturated rings. The van der Waals surface area contributed by atoms with Crippen LogP contribution in [0.15, 0.2) is 76.4 Å². The van der Waals surface area contributed by atoms with Gasteiger partial charge in [-0.2, -0.15) is 0 Å². The number of hydrogen-bond acceptors (Lipinski definition) is 4. The van der Waals surface area contributed by atoms with Gasteiger partial charge in [0.25, 0.3) is 5.56 Å². The fourth-order valence-electron chi connectivity index (χ4n) is 4.11. The molecule has 1 aliphatic rings. The van der Waals surface area contributed by atoms with Gasteiger partial charge in [-0.15, -0.1) is 0 Å². The zero-order chi connectivity index (χ0) is 21.5. The van der Waals surface area contributed by atoms with Crippen molar-refractivity contribution in [2.45, 2.75) is 32.4 Å². The molecule has 1 aliphatic heterocycles. The van der Waals surface area contributed by atoms with Gasteiger partial charge in [0.15, 0.2) is 0 Å². The second kappa shape index (κ2) is 10.3. The van der Waals surface area contributed by atoms with Gasteiger partial charge in [-0.3, -0.25) is 13.9 Å². The first-order chi connectivity index (χ1) is 15.2. The van der Waals surface area contributed by atoms with Crippen molar-refractivity contribution in [1.82, 2.24) is 14.0 Å². The molecule has 1 aromatic heterocycles. The fourth-order valence-corrected chi connectivity index (χ4v) is 4.11. The van der Waals surface area contributed by atoms with E-state index in [9.17, 15) is 9.59 Å². The van der Waals surface area contributed by atoms with Gasteiger partial charge >= 0.3 is 5.69 Å². The van der Waals surface area contributed by atoms with Crippen LogP contribution in [-0.4, -0.2) is 40.2 Å². The summed E-state index contributed by atoms with van der Waals surface area (Å²) >= 11 is 0. The highest BCUT2D eigenvalue weighted by molar-refractivity contribution is 5.39. The Morgan fingerprint density at radius 2 is 1.39 bits per heavy atom.